The van der Waals surface area contributed by atoms with E-state index in [1.807, 2.05) is 6.92 Å². The van der Waals surface area contributed by atoms with Gasteiger partial charge >= 0.3 is 11.8 Å². The van der Waals surface area contributed by atoms with Gasteiger partial charge in [0.05, 0.1) is 23.3 Å². The van der Waals surface area contributed by atoms with Crippen LogP contribution in [0.5, 0.6) is 0 Å². The second kappa shape index (κ2) is 7.33. The number of nitrogens with zero attached hydrogens (tertiary/aromatic N) is 7. The molecule has 0 saturated heterocycles. The van der Waals surface area contributed by atoms with Gasteiger partial charge in [-0.25, -0.2) is 13.9 Å². The summed E-state index contributed by atoms with van der Waals surface area (Å²) in [6.07, 6.45) is 5.47. The highest BCUT2D eigenvalue weighted by atomic mass is 19.1. The number of amides is 1. The number of pyridine rings is 2. The molecule has 164 valence electrons. The minimum atomic E-state index is -0.637. The van der Waals surface area contributed by atoms with Gasteiger partial charge in [-0.05, 0) is 37.3 Å². The van der Waals surface area contributed by atoms with Gasteiger partial charge in [0.15, 0.2) is 0 Å². The number of hydrogen-bond acceptors (Lipinski definition) is 7. The van der Waals surface area contributed by atoms with Gasteiger partial charge in [-0.15, -0.1) is 10.2 Å². The maximum Gasteiger partial charge on any atom is 0.312 e. The molecule has 0 radical (unpaired) electrons. The van der Waals surface area contributed by atoms with E-state index in [0.717, 1.165) is 5.69 Å². The van der Waals surface area contributed by atoms with Crippen LogP contribution in [0.3, 0.4) is 0 Å². The zero-order chi connectivity index (χ0) is 22.5. The monoisotopic (exact) mass is 444 g/mol. The SMILES string of the molecule is Cc1ncccc1-c1nnc(C(=O)N2CCc3[nH]cnc3[C@@H]2c2cc3c(F)cccn3n2)o1. The summed E-state index contributed by atoms with van der Waals surface area (Å²) >= 11 is 0. The first kappa shape index (κ1) is 19.3. The molecule has 1 atom stereocenters. The third-order valence-corrected chi connectivity index (χ3v) is 5.78. The molecular weight excluding hydrogens is 427 g/mol. The van der Waals surface area contributed by atoms with Crippen LogP contribution >= 0.6 is 0 Å². The molecule has 10 nitrogen and oxygen atoms in total. The zero-order valence-corrected chi connectivity index (χ0v) is 17.4. The highest BCUT2D eigenvalue weighted by Crippen LogP contribution is 2.34. The number of hydrogen-bond donors (Lipinski definition) is 1. The molecule has 5 aromatic rings. The van der Waals surface area contributed by atoms with E-state index in [1.165, 1.54) is 10.6 Å². The smallest absolute Gasteiger partial charge is 0.312 e. The Hall–Kier alpha value is -4.41. The van der Waals surface area contributed by atoms with Gasteiger partial charge in [0.2, 0.25) is 5.89 Å². The van der Waals surface area contributed by atoms with Gasteiger partial charge < -0.3 is 14.3 Å². The first-order valence-corrected chi connectivity index (χ1v) is 10.3. The Kier molecular flexibility index (Phi) is 4.28. The van der Waals surface area contributed by atoms with Crippen LogP contribution < -0.4 is 0 Å². The van der Waals surface area contributed by atoms with Crippen LogP contribution in [0.4, 0.5) is 4.39 Å². The number of halogens is 1. The van der Waals surface area contributed by atoms with E-state index in [-0.39, 0.29) is 11.8 Å². The number of nitrogens with one attached hydrogen (secondary N) is 1. The fourth-order valence-corrected chi connectivity index (χ4v) is 4.18. The Labute approximate surface area is 186 Å². The van der Waals surface area contributed by atoms with Gasteiger partial charge in [-0.3, -0.25) is 9.78 Å². The molecule has 1 amide bonds. The van der Waals surface area contributed by atoms with Crippen LogP contribution in [0.2, 0.25) is 0 Å². The Morgan fingerprint density at radius 1 is 1.24 bits per heavy atom. The number of fused-ring (bicyclic) bond motifs is 2. The Morgan fingerprint density at radius 2 is 2.15 bits per heavy atom. The highest BCUT2D eigenvalue weighted by molar-refractivity contribution is 5.90. The van der Waals surface area contributed by atoms with Crippen molar-refractivity contribution < 1.29 is 13.6 Å². The number of carbonyl (C=O) groups is 1. The average molecular weight is 444 g/mol. The molecule has 0 saturated carbocycles. The minimum Gasteiger partial charge on any atom is -0.412 e. The van der Waals surface area contributed by atoms with Crippen molar-refractivity contribution in [3.8, 4) is 11.5 Å². The first-order valence-electron chi connectivity index (χ1n) is 10.3. The summed E-state index contributed by atoms with van der Waals surface area (Å²) in [5, 5.41) is 12.6. The van der Waals surface area contributed by atoms with E-state index in [4.69, 9.17) is 4.42 Å². The molecule has 5 aromatic heterocycles. The molecule has 33 heavy (non-hydrogen) atoms. The Morgan fingerprint density at radius 3 is 3.00 bits per heavy atom. The number of aryl methyl sites for hydroxylation is 1. The standard InChI is InChI=1S/C22H17FN8O2/c1-12-13(4-2-7-24-12)20-27-28-21(33-20)22(32)30-9-6-15-18(26-11-25-15)19(30)16-10-17-14(23)5-3-8-31(17)29-16/h2-5,7-8,10-11,19H,6,9H2,1H3,(H,25,26)/t19-/m0/s1. The number of rotatable bonds is 3. The van der Waals surface area contributed by atoms with Crippen LogP contribution in [0.15, 0.2) is 53.5 Å². The predicted molar refractivity (Wildman–Crippen MR) is 113 cm³/mol. The summed E-state index contributed by atoms with van der Waals surface area (Å²) in [5.74, 6) is -0.785. The lowest BCUT2D eigenvalue weighted by Gasteiger charge is -2.32. The quantitative estimate of drug-likeness (QED) is 0.455. The van der Waals surface area contributed by atoms with Gasteiger partial charge in [-0.1, -0.05) is 0 Å². The first-order chi connectivity index (χ1) is 16.1. The van der Waals surface area contributed by atoms with Crippen molar-refractivity contribution in [3.05, 3.63) is 83.5 Å². The van der Waals surface area contributed by atoms with Crippen molar-refractivity contribution in [2.45, 2.75) is 19.4 Å². The largest absolute Gasteiger partial charge is 0.412 e. The van der Waals surface area contributed by atoms with Crippen molar-refractivity contribution in [1.82, 2.24) is 39.7 Å². The van der Waals surface area contributed by atoms with E-state index in [1.54, 1.807) is 47.9 Å². The lowest BCUT2D eigenvalue weighted by Crippen LogP contribution is -2.41. The number of aromatic nitrogens is 7. The average Bonchev–Trinajstić information content (AvgIpc) is 3.57. The van der Waals surface area contributed by atoms with E-state index in [2.05, 4.69) is 30.2 Å². The lowest BCUT2D eigenvalue weighted by molar-refractivity contribution is 0.0646. The molecule has 0 fully saturated rings. The molecule has 0 aliphatic carbocycles. The van der Waals surface area contributed by atoms with Gasteiger partial charge in [0.1, 0.15) is 17.4 Å². The maximum atomic E-state index is 14.3. The normalized spacial score (nSPS) is 15.7. The van der Waals surface area contributed by atoms with Crippen LogP contribution in [-0.4, -0.2) is 52.1 Å². The van der Waals surface area contributed by atoms with Crippen molar-refractivity contribution in [2.75, 3.05) is 6.54 Å². The lowest BCUT2D eigenvalue weighted by atomic mass is 9.99. The summed E-state index contributed by atoms with van der Waals surface area (Å²) in [5.41, 5.74) is 3.73. The Bertz CT molecular complexity index is 1500. The van der Waals surface area contributed by atoms with E-state index in [0.29, 0.717) is 41.1 Å². The van der Waals surface area contributed by atoms with Gasteiger partial charge in [0, 0.05) is 36.7 Å². The number of imidazole rings is 1. The molecule has 0 spiro atoms. The zero-order valence-electron chi connectivity index (χ0n) is 17.4. The van der Waals surface area contributed by atoms with Crippen molar-refractivity contribution in [2.24, 2.45) is 0 Å². The molecule has 0 bridgehead atoms. The highest BCUT2D eigenvalue weighted by Gasteiger charge is 2.38. The van der Waals surface area contributed by atoms with E-state index in [9.17, 15) is 9.18 Å². The van der Waals surface area contributed by atoms with E-state index >= 15 is 0 Å². The molecule has 1 aliphatic rings. The second-order valence-corrected chi connectivity index (χ2v) is 7.72. The Balaban J connectivity index is 1.41. The maximum absolute atomic E-state index is 14.3. The van der Waals surface area contributed by atoms with E-state index < -0.39 is 17.8 Å². The third-order valence-electron chi connectivity index (χ3n) is 5.78. The molecular formula is C22H17FN8O2. The third kappa shape index (κ3) is 3.08. The minimum absolute atomic E-state index is 0.146. The second-order valence-electron chi connectivity index (χ2n) is 7.72. The van der Waals surface area contributed by atoms with Crippen LogP contribution in [0.1, 0.15) is 39.5 Å². The van der Waals surface area contributed by atoms with Crippen molar-refractivity contribution >= 4 is 11.4 Å². The van der Waals surface area contributed by atoms with Crippen LogP contribution in [-0.2, 0) is 6.42 Å². The van der Waals surface area contributed by atoms with Gasteiger partial charge in [0.25, 0.3) is 0 Å². The van der Waals surface area contributed by atoms with Gasteiger partial charge in [-0.2, -0.15) is 5.10 Å². The summed E-state index contributed by atoms with van der Waals surface area (Å²) in [7, 11) is 0. The molecule has 0 aromatic carbocycles. The number of carbonyl (C=O) groups excluding carboxylic acids is 1. The molecule has 0 unspecified atom stereocenters. The molecule has 6 rings (SSSR count). The topological polar surface area (TPSA) is 118 Å². The van der Waals surface area contributed by atoms with Crippen LogP contribution in [0, 0.1) is 12.7 Å². The number of H-pyrrole nitrogens is 1. The van der Waals surface area contributed by atoms with Crippen molar-refractivity contribution in [1.29, 1.82) is 0 Å². The predicted octanol–water partition coefficient (Wildman–Crippen LogP) is 2.74. The fourth-order valence-electron chi connectivity index (χ4n) is 4.18. The summed E-state index contributed by atoms with van der Waals surface area (Å²) < 4.78 is 21.5. The molecule has 1 aliphatic heterocycles. The van der Waals surface area contributed by atoms with Crippen molar-refractivity contribution in [3.63, 3.8) is 0 Å². The summed E-state index contributed by atoms with van der Waals surface area (Å²) in [6.45, 7) is 2.20. The summed E-state index contributed by atoms with van der Waals surface area (Å²) in [6, 6.07) is 7.49. The molecule has 6 heterocycles. The number of aromatic amines is 1. The fraction of sp³-hybridized carbons (Fsp3) is 0.182. The molecule has 1 N–H and O–H groups in total. The molecule has 11 heteroatoms. The van der Waals surface area contributed by atoms with Crippen LogP contribution in [0.25, 0.3) is 17.0 Å². The summed E-state index contributed by atoms with van der Waals surface area (Å²) in [4.78, 5) is 26.8.